The molecule has 0 aliphatic heterocycles. The maximum absolute atomic E-state index is 10.2. The lowest BCUT2D eigenvalue weighted by Crippen LogP contribution is -2.09. The number of hydrogen-bond acceptors (Lipinski definition) is 3. The molecule has 0 N–H and O–H groups in total. The average Bonchev–Trinajstić information content (AvgIpc) is 2.35. The molecule has 0 fully saturated rings. The van der Waals surface area contributed by atoms with Crippen molar-refractivity contribution in [3.63, 3.8) is 0 Å². The Labute approximate surface area is 76.6 Å². The van der Waals surface area contributed by atoms with Gasteiger partial charge in [0.2, 0.25) is 0 Å². The zero-order valence-corrected chi connectivity index (χ0v) is 8.44. The lowest BCUT2D eigenvalue weighted by molar-refractivity contribution is -0.107. The second kappa shape index (κ2) is 3.35. The number of carbonyl (C=O) groups is 1. The van der Waals surface area contributed by atoms with Crippen LogP contribution in [0.15, 0.2) is 6.20 Å². The molecule has 1 aromatic heterocycles. The molecule has 2 nitrogen and oxygen atoms in total. The van der Waals surface area contributed by atoms with Crippen LogP contribution < -0.4 is 0 Å². The summed E-state index contributed by atoms with van der Waals surface area (Å²) < 4.78 is 0. The Kier molecular flexibility index (Phi) is 2.62. The molecule has 0 aliphatic carbocycles. The highest BCUT2D eigenvalue weighted by Gasteiger charge is 2.17. The van der Waals surface area contributed by atoms with Gasteiger partial charge in [0.05, 0.1) is 5.01 Å². The van der Waals surface area contributed by atoms with Crippen molar-refractivity contribution >= 4 is 17.6 Å². The van der Waals surface area contributed by atoms with Gasteiger partial charge in [0.15, 0.2) is 0 Å². The first-order valence-electron chi connectivity index (χ1n) is 3.93. The Bertz CT molecular complexity index is 272. The molecule has 66 valence electrons. The fourth-order valence-electron chi connectivity index (χ4n) is 0.831. The van der Waals surface area contributed by atoms with Crippen molar-refractivity contribution in [2.75, 3.05) is 0 Å². The Hall–Kier alpha value is -0.700. The topological polar surface area (TPSA) is 30.0 Å². The number of hydrogen-bond donors (Lipinski definition) is 0. The molecule has 12 heavy (non-hydrogen) atoms. The molecule has 0 bridgehead atoms. The molecule has 0 atom stereocenters. The molecule has 1 rings (SSSR count). The van der Waals surface area contributed by atoms with E-state index in [1.54, 1.807) is 17.5 Å². The van der Waals surface area contributed by atoms with Gasteiger partial charge in [-0.15, -0.1) is 11.3 Å². The van der Waals surface area contributed by atoms with Crippen molar-refractivity contribution < 1.29 is 4.79 Å². The SMILES string of the molecule is CC(C)(C)c1ncc(CC=O)s1. The van der Waals surface area contributed by atoms with Crippen molar-refractivity contribution in [1.29, 1.82) is 0 Å². The van der Waals surface area contributed by atoms with Gasteiger partial charge in [-0.2, -0.15) is 0 Å². The van der Waals surface area contributed by atoms with E-state index in [9.17, 15) is 4.79 Å². The van der Waals surface area contributed by atoms with E-state index in [-0.39, 0.29) is 5.41 Å². The smallest absolute Gasteiger partial charge is 0.125 e. The summed E-state index contributed by atoms with van der Waals surface area (Å²) >= 11 is 1.62. The van der Waals surface area contributed by atoms with Gasteiger partial charge in [-0.05, 0) is 0 Å². The first-order valence-corrected chi connectivity index (χ1v) is 4.74. The van der Waals surface area contributed by atoms with E-state index in [2.05, 4.69) is 25.8 Å². The third kappa shape index (κ3) is 2.14. The van der Waals surface area contributed by atoms with Gasteiger partial charge in [0.25, 0.3) is 0 Å². The summed E-state index contributed by atoms with van der Waals surface area (Å²) in [5, 5.41) is 1.10. The summed E-state index contributed by atoms with van der Waals surface area (Å²) in [5.41, 5.74) is 0.103. The predicted octanol–water partition coefficient (Wildman–Crippen LogP) is 2.18. The number of carbonyl (C=O) groups excluding carboxylic acids is 1. The first-order chi connectivity index (χ1) is 5.54. The van der Waals surface area contributed by atoms with Crippen LogP contribution in [0.5, 0.6) is 0 Å². The fourth-order valence-corrected chi connectivity index (χ4v) is 1.75. The summed E-state index contributed by atoms with van der Waals surface area (Å²) in [6.07, 6.45) is 3.20. The Balaban J connectivity index is 2.84. The van der Waals surface area contributed by atoms with Gasteiger partial charge in [0, 0.05) is 22.9 Å². The number of rotatable bonds is 2. The predicted molar refractivity (Wildman–Crippen MR) is 50.6 cm³/mol. The second-order valence-electron chi connectivity index (χ2n) is 3.75. The highest BCUT2D eigenvalue weighted by molar-refractivity contribution is 7.11. The normalized spacial score (nSPS) is 11.6. The van der Waals surface area contributed by atoms with Gasteiger partial charge in [-0.1, -0.05) is 20.8 Å². The highest BCUT2D eigenvalue weighted by atomic mass is 32.1. The van der Waals surface area contributed by atoms with Gasteiger partial charge < -0.3 is 4.79 Å². The summed E-state index contributed by atoms with van der Waals surface area (Å²) in [7, 11) is 0. The third-order valence-corrected chi connectivity index (χ3v) is 2.93. The molecule has 0 amide bonds. The van der Waals surface area contributed by atoms with Gasteiger partial charge in [-0.3, -0.25) is 0 Å². The van der Waals surface area contributed by atoms with E-state index in [4.69, 9.17) is 0 Å². The minimum Gasteiger partial charge on any atom is -0.303 e. The van der Waals surface area contributed by atoms with Crippen LogP contribution in [0, 0.1) is 0 Å². The van der Waals surface area contributed by atoms with Crippen LogP contribution in [0.3, 0.4) is 0 Å². The van der Waals surface area contributed by atoms with Crippen molar-refractivity contribution in [1.82, 2.24) is 4.98 Å². The van der Waals surface area contributed by atoms with E-state index in [0.29, 0.717) is 6.42 Å². The third-order valence-electron chi connectivity index (χ3n) is 1.48. The molecule has 0 saturated carbocycles. The number of aromatic nitrogens is 1. The molecular weight excluding hydrogens is 170 g/mol. The van der Waals surface area contributed by atoms with Crippen molar-refractivity contribution in [2.45, 2.75) is 32.6 Å². The van der Waals surface area contributed by atoms with E-state index < -0.39 is 0 Å². The summed E-state index contributed by atoms with van der Waals surface area (Å²) in [6, 6.07) is 0. The Morgan fingerprint density at radius 3 is 2.67 bits per heavy atom. The molecule has 1 aromatic rings. The van der Waals surface area contributed by atoms with Crippen molar-refractivity contribution in [2.24, 2.45) is 0 Å². The molecule has 0 aliphatic rings. The first kappa shape index (κ1) is 9.39. The quantitative estimate of drug-likeness (QED) is 0.658. The Morgan fingerprint density at radius 2 is 2.25 bits per heavy atom. The molecule has 0 aromatic carbocycles. The zero-order chi connectivity index (χ0) is 9.19. The second-order valence-corrected chi connectivity index (χ2v) is 4.87. The monoisotopic (exact) mass is 183 g/mol. The molecule has 0 spiro atoms. The van der Waals surface area contributed by atoms with Gasteiger partial charge >= 0.3 is 0 Å². The van der Waals surface area contributed by atoms with Crippen LogP contribution >= 0.6 is 11.3 Å². The number of aldehydes is 1. The van der Waals surface area contributed by atoms with E-state index >= 15 is 0 Å². The maximum atomic E-state index is 10.2. The summed E-state index contributed by atoms with van der Waals surface area (Å²) in [5.74, 6) is 0. The molecular formula is C9H13NOS. The van der Waals surface area contributed by atoms with E-state index in [1.165, 1.54) is 0 Å². The average molecular weight is 183 g/mol. The minimum atomic E-state index is 0.103. The standard InChI is InChI=1S/C9H13NOS/c1-9(2,3)8-10-6-7(12-8)4-5-11/h5-6H,4H2,1-3H3. The van der Waals surface area contributed by atoms with Gasteiger partial charge in [-0.25, -0.2) is 4.98 Å². The van der Waals surface area contributed by atoms with Crippen molar-refractivity contribution in [3.05, 3.63) is 16.1 Å². The van der Waals surface area contributed by atoms with Crippen molar-refractivity contribution in [3.8, 4) is 0 Å². The van der Waals surface area contributed by atoms with Crippen LogP contribution in [0.25, 0.3) is 0 Å². The molecule has 0 radical (unpaired) electrons. The highest BCUT2D eigenvalue weighted by Crippen LogP contribution is 2.26. The molecule has 3 heteroatoms. The van der Waals surface area contributed by atoms with Crippen LogP contribution in [0.4, 0.5) is 0 Å². The van der Waals surface area contributed by atoms with E-state index in [0.717, 1.165) is 16.2 Å². The number of thiazole rings is 1. The van der Waals surface area contributed by atoms with Gasteiger partial charge in [0.1, 0.15) is 6.29 Å². The summed E-state index contributed by atoms with van der Waals surface area (Å²) in [6.45, 7) is 6.36. The largest absolute Gasteiger partial charge is 0.303 e. The molecule has 0 unspecified atom stereocenters. The fraction of sp³-hybridized carbons (Fsp3) is 0.556. The van der Waals surface area contributed by atoms with E-state index in [1.807, 2.05) is 0 Å². The maximum Gasteiger partial charge on any atom is 0.125 e. The Morgan fingerprint density at radius 1 is 1.58 bits per heavy atom. The van der Waals surface area contributed by atoms with Crippen LogP contribution in [-0.4, -0.2) is 11.3 Å². The zero-order valence-electron chi connectivity index (χ0n) is 7.63. The minimum absolute atomic E-state index is 0.103. The molecule has 0 saturated heterocycles. The summed E-state index contributed by atoms with van der Waals surface area (Å²) in [4.78, 5) is 15.5. The molecule has 1 heterocycles. The lowest BCUT2D eigenvalue weighted by atomic mass is 9.98. The van der Waals surface area contributed by atoms with Crippen LogP contribution in [-0.2, 0) is 16.6 Å². The van der Waals surface area contributed by atoms with Crippen LogP contribution in [0.1, 0.15) is 30.7 Å². The number of nitrogens with zero attached hydrogens (tertiary/aromatic N) is 1. The lowest BCUT2D eigenvalue weighted by Gasteiger charge is -2.13. The van der Waals surface area contributed by atoms with Crippen LogP contribution in [0.2, 0.25) is 0 Å².